The molecule has 0 heterocycles. The van der Waals surface area contributed by atoms with Gasteiger partial charge in [-0.3, -0.25) is 0 Å². The average molecular weight is 298 g/mol. The van der Waals surface area contributed by atoms with Crippen molar-refractivity contribution in [2.75, 3.05) is 13.1 Å². The van der Waals surface area contributed by atoms with Crippen LogP contribution in [0.25, 0.3) is 0 Å². The summed E-state index contributed by atoms with van der Waals surface area (Å²) in [5, 5.41) is 3.40. The molecule has 0 radical (unpaired) electrons. The quantitative estimate of drug-likeness (QED) is 0.782. The van der Waals surface area contributed by atoms with Gasteiger partial charge in [0.1, 0.15) is 5.60 Å². The molecule has 0 bridgehead atoms. The lowest BCUT2D eigenvalue weighted by Gasteiger charge is -2.33. The number of nitrogens with zero attached hydrogens (tertiary/aromatic N) is 1. The molecule has 1 aliphatic carbocycles. The van der Waals surface area contributed by atoms with Gasteiger partial charge in [0.2, 0.25) is 0 Å². The summed E-state index contributed by atoms with van der Waals surface area (Å²) in [7, 11) is 0. The maximum Gasteiger partial charge on any atom is 0.410 e. The van der Waals surface area contributed by atoms with Crippen molar-refractivity contribution in [3.63, 3.8) is 0 Å². The first-order chi connectivity index (χ1) is 9.79. The lowest BCUT2D eigenvalue weighted by Crippen LogP contribution is -2.46. The van der Waals surface area contributed by atoms with E-state index in [2.05, 4.69) is 19.2 Å². The highest BCUT2D eigenvalue weighted by Crippen LogP contribution is 2.23. The van der Waals surface area contributed by atoms with E-state index in [0.717, 1.165) is 25.9 Å². The summed E-state index contributed by atoms with van der Waals surface area (Å²) in [5.74, 6) is 0. The minimum absolute atomic E-state index is 0.153. The van der Waals surface area contributed by atoms with Crippen molar-refractivity contribution in [2.24, 2.45) is 0 Å². The number of hydrogen-bond donors (Lipinski definition) is 1. The third kappa shape index (κ3) is 7.70. The second kappa shape index (κ2) is 8.62. The van der Waals surface area contributed by atoms with Crippen LogP contribution < -0.4 is 5.32 Å². The van der Waals surface area contributed by atoms with Crippen molar-refractivity contribution in [3.8, 4) is 0 Å². The number of carbonyl (C=O) groups excluding carboxylic acids is 1. The second-order valence-corrected chi connectivity index (χ2v) is 7.43. The molecule has 0 aromatic heterocycles. The van der Waals surface area contributed by atoms with Crippen LogP contribution in [0.5, 0.6) is 0 Å². The third-order valence-electron chi connectivity index (χ3n) is 3.80. The van der Waals surface area contributed by atoms with Gasteiger partial charge in [-0.25, -0.2) is 4.79 Å². The molecule has 0 unspecified atom stereocenters. The van der Waals surface area contributed by atoms with Crippen molar-refractivity contribution in [3.05, 3.63) is 0 Å². The van der Waals surface area contributed by atoms with Crippen LogP contribution in [0.3, 0.4) is 0 Å². The molecule has 0 aromatic carbocycles. The summed E-state index contributed by atoms with van der Waals surface area (Å²) >= 11 is 0. The van der Waals surface area contributed by atoms with Gasteiger partial charge in [-0.05, 0) is 33.6 Å². The molecule has 124 valence electrons. The molecule has 1 aliphatic rings. The van der Waals surface area contributed by atoms with E-state index >= 15 is 0 Å². The zero-order valence-corrected chi connectivity index (χ0v) is 14.6. The summed E-state index contributed by atoms with van der Waals surface area (Å²) in [6.07, 6.45) is 7.11. The summed E-state index contributed by atoms with van der Waals surface area (Å²) in [6.45, 7) is 11.6. The lowest BCUT2D eigenvalue weighted by molar-refractivity contribution is 0.0146. The Morgan fingerprint density at radius 3 is 2.24 bits per heavy atom. The Morgan fingerprint density at radius 2 is 1.76 bits per heavy atom. The van der Waals surface area contributed by atoms with Crippen molar-refractivity contribution >= 4 is 6.09 Å². The first-order valence-corrected chi connectivity index (χ1v) is 8.52. The number of rotatable bonds is 5. The van der Waals surface area contributed by atoms with Gasteiger partial charge >= 0.3 is 6.09 Å². The fourth-order valence-corrected chi connectivity index (χ4v) is 2.79. The van der Waals surface area contributed by atoms with E-state index in [4.69, 9.17) is 4.74 Å². The lowest BCUT2D eigenvalue weighted by atomic mass is 10.1. The summed E-state index contributed by atoms with van der Waals surface area (Å²) in [6, 6.07) is 0.788. The van der Waals surface area contributed by atoms with E-state index < -0.39 is 5.60 Å². The first-order valence-electron chi connectivity index (χ1n) is 8.52. The predicted octanol–water partition coefficient (Wildman–Crippen LogP) is 3.94. The van der Waals surface area contributed by atoms with Crippen LogP contribution in [-0.2, 0) is 4.74 Å². The van der Waals surface area contributed by atoms with E-state index in [9.17, 15) is 4.79 Å². The highest BCUT2D eigenvalue weighted by Gasteiger charge is 2.28. The van der Waals surface area contributed by atoms with Crippen LogP contribution in [0.15, 0.2) is 0 Å². The molecule has 21 heavy (non-hydrogen) atoms. The number of carbonyl (C=O) groups is 1. The van der Waals surface area contributed by atoms with Crippen LogP contribution in [0.1, 0.15) is 73.1 Å². The zero-order chi connectivity index (χ0) is 15.9. The fourth-order valence-electron chi connectivity index (χ4n) is 2.79. The number of nitrogens with one attached hydrogen (secondary N) is 1. The van der Waals surface area contributed by atoms with Crippen LogP contribution in [0.2, 0.25) is 0 Å². The Hall–Kier alpha value is -0.770. The molecule has 0 spiro atoms. The van der Waals surface area contributed by atoms with E-state index in [1.165, 1.54) is 25.7 Å². The van der Waals surface area contributed by atoms with E-state index in [-0.39, 0.29) is 6.09 Å². The van der Waals surface area contributed by atoms with Gasteiger partial charge in [-0.1, -0.05) is 39.5 Å². The first kappa shape index (κ1) is 18.3. The minimum Gasteiger partial charge on any atom is -0.444 e. The van der Waals surface area contributed by atoms with Crippen molar-refractivity contribution in [2.45, 2.75) is 90.8 Å². The maximum absolute atomic E-state index is 12.5. The molecule has 4 heteroatoms. The SMILES string of the molecule is CC(C)NCCN(C(=O)OC(C)(C)C)C1CCCCCC1. The standard InChI is InChI=1S/C17H34N2O2/c1-14(2)18-12-13-19(16(20)21-17(3,4)5)15-10-8-6-7-9-11-15/h14-15,18H,6-13H2,1-5H3. The molecule has 0 aliphatic heterocycles. The van der Waals surface area contributed by atoms with Crippen LogP contribution >= 0.6 is 0 Å². The highest BCUT2D eigenvalue weighted by molar-refractivity contribution is 5.68. The summed E-state index contributed by atoms with van der Waals surface area (Å²) in [5.41, 5.74) is -0.425. The Morgan fingerprint density at radius 1 is 1.19 bits per heavy atom. The Labute approximate surface area is 130 Å². The number of hydrogen-bond acceptors (Lipinski definition) is 3. The maximum atomic E-state index is 12.5. The molecule has 1 N–H and O–H groups in total. The number of ether oxygens (including phenoxy) is 1. The van der Waals surface area contributed by atoms with Gasteiger partial charge in [-0.2, -0.15) is 0 Å². The molecule has 4 nitrogen and oxygen atoms in total. The van der Waals surface area contributed by atoms with Gasteiger partial charge in [0.05, 0.1) is 0 Å². The molecule has 0 saturated heterocycles. The Balaban J connectivity index is 2.65. The van der Waals surface area contributed by atoms with E-state index in [1.54, 1.807) is 0 Å². The third-order valence-corrected chi connectivity index (χ3v) is 3.80. The molecular weight excluding hydrogens is 264 g/mol. The van der Waals surface area contributed by atoms with E-state index in [0.29, 0.717) is 12.1 Å². The van der Waals surface area contributed by atoms with E-state index in [1.807, 2.05) is 25.7 Å². The molecule has 0 atom stereocenters. The minimum atomic E-state index is -0.425. The van der Waals surface area contributed by atoms with Gasteiger partial charge in [0.15, 0.2) is 0 Å². The van der Waals surface area contributed by atoms with Gasteiger partial charge < -0.3 is 15.0 Å². The van der Waals surface area contributed by atoms with Gasteiger partial charge in [0.25, 0.3) is 0 Å². The zero-order valence-electron chi connectivity index (χ0n) is 14.6. The van der Waals surface area contributed by atoms with Crippen molar-refractivity contribution < 1.29 is 9.53 Å². The topological polar surface area (TPSA) is 41.6 Å². The summed E-state index contributed by atoms with van der Waals surface area (Å²) < 4.78 is 5.61. The second-order valence-electron chi connectivity index (χ2n) is 7.43. The van der Waals surface area contributed by atoms with Gasteiger partial charge in [0, 0.05) is 25.2 Å². The smallest absolute Gasteiger partial charge is 0.410 e. The Kier molecular flexibility index (Phi) is 7.50. The Bertz CT molecular complexity index is 302. The highest BCUT2D eigenvalue weighted by atomic mass is 16.6. The molecular formula is C17H34N2O2. The molecule has 0 aromatic rings. The monoisotopic (exact) mass is 298 g/mol. The normalized spacial score (nSPS) is 17.6. The molecule has 1 rings (SSSR count). The molecule has 1 saturated carbocycles. The van der Waals surface area contributed by atoms with Crippen LogP contribution in [-0.4, -0.2) is 41.8 Å². The van der Waals surface area contributed by atoms with Crippen molar-refractivity contribution in [1.82, 2.24) is 10.2 Å². The largest absolute Gasteiger partial charge is 0.444 e. The van der Waals surface area contributed by atoms with Gasteiger partial charge in [-0.15, -0.1) is 0 Å². The fraction of sp³-hybridized carbons (Fsp3) is 0.941. The molecule has 1 amide bonds. The average Bonchev–Trinajstić information content (AvgIpc) is 2.60. The van der Waals surface area contributed by atoms with Crippen molar-refractivity contribution in [1.29, 1.82) is 0 Å². The van der Waals surface area contributed by atoms with Crippen LogP contribution in [0, 0.1) is 0 Å². The molecule has 1 fully saturated rings. The predicted molar refractivity (Wildman–Crippen MR) is 87.6 cm³/mol. The summed E-state index contributed by atoms with van der Waals surface area (Å²) in [4.78, 5) is 14.5. The van der Waals surface area contributed by atoms with Crippen LogP contribution in [0.4, 0.5) is 4.79 Å². The number of amides is 1.